The quantitative estimate of drug-likeness (QED) is 0.826. The molecule has 0 aromatic carbocycles. The Morgan fingerprint density at radius 3 is 2.81 bits per heavy atom. The van der Waals surface area contributed by atoms with Crippen LogP contribution in [0.25, 0.3) is 0 Å². The first-order valence-corrected chi connectivity index (χ1v) is 6.46. The topological polar surface area (TPSA) is 40.5 Å². The van der Waals surface area contributed by atoms with E-state index in [0.717, 1.165) is 6.42 Å². The second kappa shape index (κ2) is 6.66. The van der Waals surface area contributed by atoms with Crippen molar-refractivity contribution in [3.63, 3.8) is 0 Å². The third-order valence-electron chi connectivity index (χ3n) is 2.45. The third kappa shape index (κ3) is 3.94. The summed E-state index contributed by atoms with van der Waals surface area (Å²) in [6.45, 7) is 4.40. The van der Waals surface area contributed by atoms with Crippen LogP contribution in [0.3, 0.4) is 0 Å². The minimum atomic E-state index is 0.0307. The molecule has 0 aliphatic heterocycles. The van der Waals surface area contributed by atoms with Gasteiger partial charge in [-0.1, -0.05) is 6.07 Å². The smallest absolute Gasteiger partial charge is 0.223 e. The van der Waals surface area contributed by atoms with Crippen LogP contribution in [0.15, 0.2) is 17.5 Å². The molecule has 0 saturated carbocycles. The maximum absolute atomic E-state index is 11.9. The molecule has 0 aliphatic carbocycles. The molecule has 0 aliphatic rings. The predicted molar refractivity (Wildman–Crippen MR) is 66.6 cm³/mol. The lowest BCUT2D eigenvalue weighted by Crippen LogP contribution is -2.39. The standard InChI is InChI=1S/C12H19NO2S/c1-10(2)13(7-8-14)12(15)6-5-11-4-3-9-16-11/h3-4,9-10,14H,5-8H2,1-2H3. The van der Waals surface area contributed by atoms with Crippen LogP contribution in [0, 0.1) is 0 Å². The number of nitrogens with zero attached hydrogens (tertiary/aromatic N) is 1. The first-order valence-electron chi connectivity index (χ1n) is 5.58. The fraction of sp³-hybridized carbons (Fsp3) is 0.583. The van der Waals surface area contributed by atoms with Gasteiger partial charge in [-0.05, 0) is 31.7 Å². The lowest BCUT2D eigenvalue weighted by molar-refractivity contribution is -0.133. The Hall–Kier alpha value is -0.870. The van der Waals surface area contributed by atoms with Crippen molar-refractivity contribution in [2.75, 3.05) is 13.2 Å². The average Bonchev–Trinajstić information content (AvgIpc) is 2.75. The summed E-state index contributed by atoms with van der Waals surface area (Å²) in [5.74, 6) is 0.123. The molecule has 0 spiro atoms. The molecule has 1 amide bonds. The SMILES string of the molecule is CC(C)N(CCO)C(=O)CCc1cccs1. The molecule has 0 saturated heterocycles. The molecular weight excluding hydrogens is 222 g/mol. The van der Waals surface area contributed by atoms with E-state index in [1.54, 1.807) is 16.2 Å². The predicted octanol–water partition coefficient (Wildman–Crippen LogP) is 1.91. The molecule has 0 fully saturated rings. The summed E-state index contributed by atoms with van der Waals surface area (Å²) in [4.78, 5) is 14.9. The van der Waals surface area contributed by atoms with Gasteiger partial charge < -0.3 is 10.0 Å². The van der Waals surface area contributed by atoms with Gasteiger partial charge in [-0.15, -0.1) is 11.3 Å². The average molecular weight is 241 g/mol. The molecule has 3 nitrogen and oxygen atoms in total. The molecule has 0 unspecified atom stereocenters. The normalized spacial score (nSPS) is 10.8. The van der Waals surface area contributed by atoms with Crippen molar-refractivity contribution in [1.82, 2.24) is 4.90 Å². The molecule has 16 heavy (non-hydrogen) atoms. The largest absolute Gasteiger partial charge is 0.395 e. The van der Waals surface area contributed by atoms with E-state index in [9.17, 15) is 4.79 Å². The molecule has 90 valence electrons. The summed E-state index contributed by atoms with van der Waals surface area (Å²) in [7, 11) is 0. The van der Waals surface area contributed by atoms with Gasteiger partial charge in [0.15, 0.2) is 0 Å². The first kappa shape index (κ1) is 13.2. The fourth-order valence-electron chi connectivity index (χ4n) is 1.61. The number of carbonyl (C=O) groups is 1. The number of hydrogen-bond acceptors (Lipinski definition) is 3. The van der Waals surface area contributed by atoms with Crippen LogP contribution in [0.2, 0.25) is 0 Å². The van der Waals surface area contributed by atoms with Crippen molar-refractivity contribution in [2.24, 2.45) is 0 Å². The lowest BCUT2D eigenvalue weighted by atomic mass is 10.2. The third-order valence-corrected chi connectivity index (χ3v) is 3.39. The van der Waals surface area contributed by atoms with Gasteiger partial charge >= 0.3 is 0 Å². The number of aliphatic hydroxyl groups excluding tert-OH is 1. The van der Waals surface area contributed by atoms with Gasteiger partial charge in [0.2, 0.25) is 5.91 Å². The molecule has 1 rings (SSSR count). The molecule has 1 aromatic heterocycles. The van der Waals surface area contributed by atoms with E-state index >= 15 is 0 Å². The van der Waals surface area contributed by atoms with Crippen LogP contribution in [0.4, 0.5) is 0 Å². The molecule has 0 radical (unpaired) electrons. The number of amides is 1. The van der Waals surface area contributed by atoms with E-state index < -0.39 is 0 Å². The van der Waals surface area contributed by atoms with Crippen LogP contribution in [0.1, 0.15) is 25.1 Å². The minimum Gasteiger partial charge on any atom is -0.395 e. The Morgan fingerprint density at radius 2 is 2.31 bits per heavy atom. The fourth-order valence-corrected chi connectivity index (χ4v) is 2.32. The number of hydrogen-bond donors (Lipinski definition) is 1. The summed E-state index contributed by atoms with van der Waals surface area (Å²) in [6, 6.07) is 4.20. The number of rotatable bonds is 6. The number of carbonyl (C=O) groups excluding carboxylic acids is 1. The van der Waals surface area contributed by atoms with E-state index in [0.29, 0.717) is 13.0 Å². The Bertz CT molecular complexity index is 309. The number of aryl methyl sites for hydroxylation is 1. The Labute approximate surface area is 101 Å². The van der Waals surface area contributed by atoms with E-state index in [4.69, 9.17) is 5.11 Å². The lowest BCUT2D eigenvalue weighted by Gasteiger charge is -2.25. The first-order chi connectivity index (χ1) is 7.65. The number of aliphatic hydroxyl groups is 1. The van der Waals surface area contributed by atoms with E-state index in [-0.39, 0.29) is 18.6 Å². The summed E-state index contributed by atoms with van der Waals surface area (Å²) in [5, 5.41) is 10.9. The van der Waals surface area contributed by atoms with Crippen molar-refractivity contribution in [3.8, 4) is 0 Å². The van der Waals surface area contributed by atoms with Gasteiger partial charge in [-0.3, -0.25) is 4.79 Å². The van der Waals surface area contributed by atoms with Gasteiger partial charge in [-0.2, -0.15) is 0 Å². The van der Waals surface area contributed by atoms with Gasteiger partial charge in [0.1, 0.15) is 0 Å². The molecule has 1 aromatic rings. The van der Waals surface area contributed by atoms with E-state index in [1.807, 2.05) is 31.4 Å². The Kier molecular flexibility index (Phi) is 5.49. The molecule has 4 heteroatoms. The maximum atomic E-state index is 11.9. The summed E-state index contributed by atoms with van der Waals surface area (Å²) >= 11 is 1.68. The van der Waals surface area contributed by atoms with Gasteiger partial charge in [0.05, 0.1) is 6.61 Å². The van der Waals surface area contributed by atoms with Gasteiger partial charge in [-0.25, -0.2) is 0 Å². The Morgan fingerprint density at radius 1 is 1.56 bits per heavy atom. The highest BCUT2D eigenvalue weighted by Gasteiger charge is 2.15. The second-order valence-electron chi connectivity index (χ2n) is 3.98. The van der Waals surface area contributed by atoms with Crippen molar-refractivity contribution in [2.45, 2.75) is 32.7 Å². The van der Waals surface area contributed by atoms with Crippen LogP contribution in [-0.2, 0) is 11.2 Å². The monoisotopic (exact) mass is 241 g/mol. The van der Waals surface area contributed by atoms with E-state index in [2.05, 4.69) is 0 Å². The van der Waals surface area contributed by atoms with Crippen molar-refractivity contribution in [1.29, 1.82) is 0 Å². The zero-order valence-corrected chi connectivity index (χ0v) is 10.7. The van der Waals surface area contributed by atoms with Crippen molar-refractivity contribution < 1.29 is 9.90 Å². The van der Waals surface area contributed by atoms with Crippen molar-refractivity contribution in [3.05, 3.63) is 22.4 Å². The van der Waals surface area contributed by atoms with Crippen LogP contribution in [0.5, 0.6) is 0 Å². The second-order valence-corrected chi connectivity index (χ2v) is 5.02. The highest BCUT2D eigenvalue weighted by atomic mass is 32.1. The maximum Gasteiger partial charge on any atom is 0.223 e. The molecule has 1 N–H and O–H groups in total. The zero-order chi connectivity index (χ0) is 12.0. The van der Waals surface area contributed by atoms with Crippen molar-refractivity contribution >= 4 is 17.2 Å². The zero-order valence-electron chi connectivity index (χ0n) is 9.85. The van der Waals surface area contributed by atoms with Crippen LogP contribution < -0.4 is 0 Å². The highest BCUT2D eigenvalue weighted by Crippen LogP contribution is 2.12. The highest BCUT2D eigenvalue weighted by molar-refractivity contribution is 7.09. The Balaban J connectivity index is 2.43. The summed E-state index contributed by atoms with van der Waals surface area (Å²) < 4.78 is 0. The molecule has 0 atom stereocenters. The minimum absolute atomic E-state index is 0.0307. The molecular formula is C12H19NO2S. The number of thiophene rings is 1. The van der Waals surface area contributed by atoms with Crippen LogP contribution in [-0.4, -0.2) is 35.1 Å². The van der Waals surface area contributed by atoms with Gasteiger partial charge in [0.25, 0.3) is 0 Å². The van der Waals surface area contributed by atoms with Gasteiger partial charge in [0, 0.05) is 23.9 Å². The van der Waals surface area contributed by atoms with E-state index in [1.165, 1.54) is 4.88 Å². The summed E-state index contributed by atoms with van der Waals surface area (Å²) in [6.07, 6.45) is 1.32. The van der Waals surface area contributed by atoms with Crippen LogP contribution >= 0.6 is 11.3 Å². The summed E-state index contributed by atoms with van der Waals surface area (Å²) in [5.41, 5.74) is 0. The molecule has 0 bridgehead atoms. The molecule has 1 heterocycles.